The molecule has 0 radical (unpaired) electrons. The van der Waals surface area contributed by atoms with Crippen LogP contribution in [0.3, 0.4) is 0 Å². The molecular weight excluding hydrogens is 270 g/mol. The minimum atomic E-state index is -3.59. The van der Waals surface area contributed by atoms with Gasteiger partial charge in [0.1, 0.15) is 16.3 Å². The molecular formula is C10H15N5O3S. The van der Waals surface area contributed by atoms with Crippen LogP contribution in [0.15, 0.2) is 21.9 Å². The van der Waals surface area contributed by atoms with E-state index in [1.165, 1.54) is 12.4 Å². The first-order chi connectivity index (χ1) is 9.03. The van der Waals surface area contributed by atoms with Gasteiger partial charge in [-0.2, -0.15) is 5.10 Å². The highest BCUT2D eigenvalue weighted by atomic mass is 32.2. The molecule has 0 saturated carbocycles. The third kappa shape index (κ3) is 3.18. The van der Waals surface area contributed by atoms with Gasteiger partial charge < -0.3 is 0 Å². The van der Waals surface area contributed by atoms with E-state index in [0.717, 1.165) is 6.42 Å². The fraction of sp³-hybridized carbons (Fsp3) is 0.500. The third-order valence-electron chi connectivity index (χ3n) is 2.55. The molecule has 104 valence electrons. The standard InChI is InChI=1S/C10H15N5O3S/c1-3-4-15-7-9(5-11-15)19(16,17)12-6-10-8(2)13-18-14-10/h5,7,12H,3-4,6H2,1-2H3. The Kier molecular flexibility index (Phi) is 3.96. The maximum absolute atomic E-state index is 12.0. The lowest BCUT2D eigenvalue weighted by atomic mass is 10.3. The van der Waals surface area contributed by atoms with Gasteiger partial charge in [0.15, 0.2) is 0 Å². The molecule has 2 aromatic heterocycles. The molecule has 0 amide bonds. The van der Waals surface area contributed by atoms with E-state index in [4.69, 9.17) is 0 Å². The van der Waals surface area contributed by atoms with E-state index in [-0.39, 0.29) is 11.4 Å². The maximum atomic E-state index is 12.0. The van der Waals surface area contributed by atoms with E-state index in [1.807, 2.05) is 6.92 Å². The van der Waals surface area contributed by atoms with Crippen LogP contribution < -0.4 is 4.72 Å². The fourth-order valence-electron chi connectivity index (χ4n) is 1.49. The van der Waals surface area contributed by atoms with Crippen molar-refractivity contribution in [2.45, 2.75) is 38.3 Å². The van der Waals surface area contributed by atoms with Crippen molar-refractivity contribution in [1.29, 1.82) is 0 Å². The first kappa shape index (κ1) is 13.7. The second kappa shape index (κ2) is 5.49. The van der Waals surface area contributed by atoms with Crippen LogP contribution in [0.5, 0.6) is 0 Å². The predicted molar refractivity (Wildman–Crippen MR) is 65.6 cm³/mol. The lowest BCUT2D eigenvalue weighted by molar-refractivity contribution is 0.301. The summed E-state index contributed by atoms with van der Waals surface area (Å²) >= 11 is 0. The first-order valence-electron chi connectivity index (χ1n) is 5.83. The monoisotopic (exact) mass is 285 g/mol. The summed E-state index contributed by atoms with van der Waals surface area (Å²) in [7, 11) is -3.59. The summed E-state index contributed by atoms with van der Waals surface area (Å²) in [6.07, 6.45) is 3.71. The largest absolute Gasteiger partial charge is 0.271 e. The molecule has 1 N–H and O–H groups in total. The average Bonchev–Trinajstić information content (AvgIpc) is 2.97. The van der Waals surface area contributed by atoms with E-state index in [2.05, 4.69) is 24.8 Å². The Morgan fingerprint density at radius 3 is 2.84 bits per heavy atom. The lowest BCUT2D eigenvalue weighted by Crippen LogP contribution is -2.23. The van der Waals surface area contributed by atoms with Gasteiger partial charge in [-0.1, -0.05) is 17.2 Å². The molecule has 9 heteroatoms. The van der Waals surface area contributed by atoms with E-state index < -0.39 is 10.0 Å². The van der Waals surface area contributed by atoms with Crippen LogP contribution in [0.1, 0.15) is 24.7 Å². The second-order valence-electron chi connectivity index (χ2n) is 4.06. The number of aryl methyl sites for hydroxylation is 2. The van der Waals surface area contributed by atoms with Crippen molar-refractivity contribution in [2.24, 2.45) is 0 Å². The molecule has 0 aliphatic carbocycles. The van der Waals surface area contributed by atoms with Gasteiger partial charge >= 0.3 is 0 Å². The van der Waals surface area contributed by atoms with Crippen molar-refractivity contribution in [3.8, 4) is 0 Å². The number of nitrogens with one attached hydrogen (secondary N) is 1. The quantitative estimate of drug-likeness (QED) is 0.827. The van der Waals surface area contributed by atoms with Gasteiger partial charge in [0, 0.05) is 12.7 Å². The Bertz CT molecular complexity index is 646. The number of nitrogens with zero attached hydrogens (tertiary/aromatic N) is 4. The highest BCUT2D eigenvalue weighted by Crippen LogP contribution is 2.09. The fourth-order valence-corrected chi connectivity index (χ4v) is 2.43. The van der Waals surface area contributed by atoms with Gasteiger partial charge in [0.25, 0.3) is 0 Å². The second-order valence-corrected chi connectivity index (χ2v) is 5.83. The summed E-state index contributed by atoms with van der Waals surface area (Å²) in [4.78, 5) is 0.134. The number of rotatable bonds is 6. The SMILES string of the molecule is CCCn1cc(S(=O)(=O)NCc2nonc2C)cn1. The van der Waals surface area contributed by atoms with Crippen LogP contribution in [0.2, 0.25) is 0 Å². The molecule has 0 bridgehead atoms. The van der Waals surface area contributed by atoms with Crippen LogP contribution >= 0.6 is 0 Å². The minimum absolute atomic E-state index is 0.0383. The van der Waals surface area contributed by atoms with Crippen LogP contribution in [-0.4, -0.2) is 28.5 Å². The third-order valence-corrected chi connectivity index (χ3v) is 3.90. The summed E-state index contributed by atoms with van der Waals surface area (Å²) in [5.74, 6) is 0. The zero-order chi connectivity index (χ0) is 13.9. The van der Waals surface area contributed by atoms with Crippen molar-refractivity contribution in [1.82, 2.24) is 24.8 Å². The molecule has 0 aromatic carbocycles. The lowest BCUT2D eigenvalue weighted by Gasteiger charge is -2.02. The summed E-state index contributed by atoms with van der Waals surface area (Å²) in [6, 6.07) is 0. The summed E-state index contributed by atoms with van der Waals surface area (Å²) < 4.78 is 32.6. The maximum Gasteiger partial charge on any atom is 0.244 e. The Morgan fingerprint density at radius 2 is 2.21 bits per heavy atom. The molecule has 0 spiro atoms. The number of hydrogen-bond donors (Lipinski definition) is 1. The molecule has 0 aliphatic heterocycles. The molecule has 2 aromatic rings. The Morgan fingerprint density at radius 1 is 1.42 bits per heavy atom. The van der Waals surface area contributed by atoms with E-state index in [1.54, 1.807) is 11.6 Å². The Balaban J connectivity index is 2.07. The Labute approximate surface area is 110 Å². The van der Waals surface area contributed by atoms with Gasteiger partial charge in [0.05, 0.1) is 12.7 Å². The number of aromatic nitrogens is 4. The predicted octanol–water partition coefficient (Wildman–Crippen LogP) is 0.463. The summed E-state index contributed by atoms with van der Waals surface area (Å²) in [5.41, 5.74) is 1.02. The van der Waals surface area contributed by atoms with Gasteiger partial charge in [-0.15, -0.1) is 0 Å². The number of sulfonamides is 1. The normalized spacial score (nSPS) is 11.9. The van der Waals surface area contributed by atoms with Crippen molar-refractivity contribution >= 4 is 10.0 Å². The van der Waals surface area contributed by atoms with E-state index in [9.17, 15) is 8.42 Å². The van der Waals surface area contributed by atoms with Crippen molar-refractivity contribution in [3.63, 3.8) is 0 Å². The van der Waals surface area contributed by atoms with Crippen molar-refractivity contribution < 1.29 is 13.0 Å². The number of hydrogen-bond acceptors (Lipinski definition) is 6. The molecule has 0 fully saturated rings. The molecule has 2 rings (SSSR count). The van der Waals surface area contributed by atoms with Crippen LogP contribution in [0.25, 0.3) is 0 Å². The molecule has 0 aliphatic rings. The molecule has 0 unspecified atom stereocenters. The molecule has 2 heterocycles. The zero-order valence-electron chi connectivity index (χ0n) is 10.7. The summed E-state index contributed by atoms with van der Waals surface area (Å²) in [6.45, 7) is 4.41. The molecule has 8 nitrogen and oxygen atoms in total. The first-order valence-corrected chi connectivity index (χ1v) is 7.31. The smallest absolute Gasteiger partial charge is 0.244 e. The van der Waals surface area contributed by atoms with Crippen molar-refractivity contribution in [2.75, 3.05) is 0 Å². The van der Waals surface area contributed by atoms with E-state index >= 15 is 0 Å². The van der Waals surface area contributed by atoms with Crippen LogP contribution in [0.4, 0.5) is 0 Å². The minimum Gasteiger partial charge on any atom is -0.271 e. The summed E-state index contributed by atoms with van der Waals surface area (Å²) in [5, 5.41) is 11.2. The highest BCUT2D eigenvalue weighted by Gasteiger charge is 2.17. The van der Waals surface area contributed by atoms with Crippen molar-refractivity contribution in [3.05, 3.63) is 23.8 Å². The van der Waals surface area contributed by atoms with Gasteiger partial charge in [-0.25, -0.2) is 17.8 Å². The van der Waals surface area contributed by atoms with E-state index in [0.29, 0.717) is 17.9 Å². The van der Waals surface area contributed by atoms with Gasteiger partial charge in [0.2, 0.25) is 10.0 Å². The van der Waals surface area contributed by atoms with Crippen LogP contribution in [0, 0.1) is 6.92 Å². The molecule has 0 atom stereocenters. The van der Waals surface area contributed by atoms with Crippen LogP contribution in [-0.2, 0) is 23.1 Å². The van der Waals surface area contributed by atoms with Gasteiger partial charge in [-0.3, -0.25) is 4.68 Å². The highest BCUT2D eigenvalue weighted by molar-refractivity contribution is 7.89. The Hall–Kier alpha value is -1.74. The van der Waals surface area contributed by atoms with Gasteiger partial charge in [-0.05, 0) is 13.3 Å². The average molecular weight is 285 g/mol. The molecule has 0 saturated heterocycles. The topological polar surface area (TPSA) is 103 Å². The molecule has 19 heavy (non-hydrogen) atoms. The zero-order valence-corrected chi connectivity index (χ0v) is 11.5.